The Balaban J connectivity index is 1.75. The highest BCUT2D eigenvalue weighted by Crippen LogP contribution is 2.36. The minimum Gasteiger partial charge on any atom is -0.364 e. The van der Waals surface area contributed by atoms with Gasteiger partial charge >= 0.3 is 0 Å². The summed E-state index contributed by atoms with van der Waals surface area (Å²) in [4.78, 5) is 44.4. The number of amides is 3. The molecule has 33 heavy (non-hydrogen) atoms. The van der Waals surface area contributed by atoms with E-state index in [2.05, 4.69) is 22.0 Å². The van der Waals surface area contributed by atoms with Gasteiger partial charge in [-0.05, 0) is 55.8 Å². The van der Waals surface area contributed by atoms with Crippen LogP contribution in [-0.4, -0.2) is 60.2 Å². The molecule has 2 heterocycles. The number of anilines is 2. The lowest BCUT2D eigenvalue weighted by molar-refractivity contribution is -0.121. The summed E-state index contributed by atoms with van der Waals surface area (Å²) >= 11 is 0. The van der Waals surface area contributed by atoms with Crippen molar-refractivity contribution in [2.75, 3.05) is 42.9 Å². The van der Waals surface area contributed by atoms with Crippen molar-refractivity contribution < 1.29 is 14.4 Å². The van der Waals surface area contributed by atoms with Gasteiger partial charge in [0, 0.05) is 38.8 Å². The molecule has 0 aliphatic carbocycles. The number of likely N-dealkylation sites (N-methyl/N-ethyl adjacent to an activating group) is 1. The zero-order valence-electron chi connectivity index (χ0n) is 19.6. The molecule has 1 fully saturated rings. The summed E-state index contributed by atoms with van der Waals surface area (Å²) in [5, 5.41) is 2.71. The Morgan fingerprint density at radius 1 is 0.939 bits per heavy atom. The zero-order valence-corrected chi connectivity index (χ0v) is 19.6. The number of nitrogens with zero attached hydrogens (tertiary/aromatic N) is 3. The molecule has 7 nitrogen and oxygen atoms in total. The normalized spacial score (nSPS) is 17.2. The van der Waals surface area contributed by atoms with Crippen LogP contribution in [0.5, 0.6) is 0 Å². The van der Waals surface area contributed by atoms with Crippen LogP contribution in [0, 0.1) is 13.8 Å². The van der Waals surface area contributed by atoms with Gasteiger partial charge in [-0.15, -0.1) is 0 Å². The third-order valence-corrected chi connectivity index (χ3v) is 6.29. The zero-order chi connectivity index (χ0) is 23.7. The summed E-state index contributed by atoms with van der Waals surface area (Å²) in [5.41, 5.74) is 4.93. The molecule has 2 aromatic rings. The first-order valence-electron chi connectivity index (χ1n) is 11.4. The van der Waals surface area contributed by atoms with E-state index < -0.39 is 0 Å². The quantitative estimate of drug-likeness (QED) is 0.715. The lowest BCUT2D eigenvalue weighted by Crippen LogP contribution is -2.47. The number of nitrogens with one attached hydrogen (secondary N) is 1. The second-order valence-corrected chi connectivity index (χ2v) is 8.64. The van der Waals surface area contributed by atoms with Gasteiger partial charge in [-0.2, -0.15) is 0 Å². The molecule has 1 saturated heterocycles. The first-order chi connectivity index (χ1) is 15.8. The molecule has 0 radical (unpaired) electrons. The van der Waals surface area contributed by atoms with E-state index in [1.807, 2.05) is 32.0 Å². The molecular formula is C26H30N4O3. The van der Waals surface area contributed by atoms with Crippen molar-refractivity contribution >= 4 is 34.7 Å². The molecule has 0 aromatic heterocycles. The summed E-state index contributed by atoms with van der Waals surface area (Å²) in [6, 6.07) is 12.7. The average molecular weight is 447 g/mol. The topological polar surface area (TPSA) is 73.0 Å². The van der Waals surface area contributed by atoms with Gasteiger partial charge in [0.1, 0.15) is 5.70 Å². The number of hydrogen-bond acceptors (Lipinski definition) is 5. The first kappa shape index (κ1) is 22.7. The summed E-state index contributed by atoms with van der Waals surface area (Å²) in [7, 11) is 0. The summed E-state index contributed by atoms with van der Waals surface area (Å²) < 4.78 is 0. The molecule has 2 aromatic carbocycles. The molecule has 0 unspecified atom stereocenters. The smallest absolute Gasteiger partial charge is 0.282 e. The van der Waals surface area contributed by atoms with E-state index in [-0.39, 0.29) is 17.7 Å². The Morgan fingerprint density at radius 3 is 2.18 bits per heavy atom. The van der Waals surface area contributed by atoms with Crippen LogP contribution in [0.4, 0.5) is 11.4 Å². The highest BCUT2D eigenvalue weighted by molar-refractivity contribution is 6.45. The van der Waals surface area contributed by atoms with E-state index in [4.69, 9.17) is 0 Å². The number of carbonyl (C=O) groups excluding carboxylic acids is 3. The molecule has 2 aliphatic heterocycles. The number of hydrogen-bond donors (Lipinski definition) is 1. The fraction of sp³-hybridized carbons (Fsp3) is 0.346. The third kappa shape index (κ3) is 4.41. The van der Waals surface area contributed by atoms with Crippen LogP contribution >= 0.6 is 0 Å². The van der Waals surface area contributed by atoms with Crippen molar-refractivity contribution in [3.8, 4) is 0 Å². The number of benzene rings is 2. The van der Waals surface area contributed by atoms with E-state index >= 15 is 0 Å². The monoisotopic (exact) mass is 446 g/mol. The van der Waals surface area contributed by atoms with E-state index in [0.717, 1.165) is 36.3 Å². The average Bonchev–Trinajstić information content (AvgIpc) is 3.04. The predicted octanol–water partition coefficient (Wildman–Crippen LogP) is 3.18. The van der Waals surface area contributed by atoms with Gasteiger partial charge in [0.05, 0.1) is 11.3 Å². The molecule has 3 amide bonds. The van der Waals surface area contributed by atoms with Gasteiger partial charge in [-0.1, -0.05) is 30.7 Å². The van der Waals surface area contributed by atoms with Crippen LogP contribution in [0.3, 0.4) is 0 Å². The van der Waals surface area contributed by atoms with Crippen LogP contribution in [0.15, 0.2) is 48.2 Å². The molecule has 172 valence electrons. The van der Waals surface area contributed by atoms with Crippen molar-refractivity contribution in [3.05, 3.63) is 64.9 Å². The number of piperazine rings is 1. The van der Waals surface area contributed by atoms with Gasteiger partial charge in [0.15, 0.2) is 0 Å². The van der Waals surface area contributed by atoms with Crippen molar-refractivity contribution in [1.29, 1.82) is 0 Å². The summed E-state index contributed by atoms with van der Waals surface area (Å²) in [5.74, 6) is -0.789. The maximum Gasteiger partial charge on any atom is 0.282 e. The lowest BCUT2D eigenvalue weighted by Gasteiger charge is -2.36. The second kappa shape index (κ2) is 9.19. The number of rotatable bonds is 5. The van der Waals surface area contributed by atoms with Crippen molar-refractivity contribution in [2.45, 2.75) is 27.7 Å². The molecule has 0 bridgehead atoms. The standard InChI is InChI=1S/C26H30N4O3/c1-5-28-12-14-29(15-13-28)24-23(22-11-6-17(2)16-18(22)3)25(32)30(26(24)33)21-9-7-20(8-10-21)27-19(4)31/h6-11,16H,5,12-15H2,1-4H3,(H,27,31). The van der Waals surface area contributed by atoms with Crippen LogP contribution in [0.1, 0.15) is 30.5 Å². The number of aryl methyl sites for hydroxylation is 2. The molecule has 1 N–H and O–H groups in total. The number of carbonyl (C=O) groups is 3. The largest absolute Gasteiger partial charge is 0.364 e. The fourth-order valence-corrected chi connectivity index (χ4v) is 4.57. The van der Waals surface area contributed by atoms with Gasteiger partial charge in [-0.3, -0.25) is 14.4 Å². The highest BCUT2D eigenvalue weighted by Gasteiger charge is 2.43. The number of imide groups is 1. The highest BCUT2D eigenvalue weighted by atomic mass is 16.2. The van der Waals surface area contributed by atoms with Crippen molar-refractivity contribution in [2.24, 2.45) is 0 Å². The Labute approximate surface area is 194 Å². The summed E-state index contributed by atoms with van der Waals surface area (Å²) in [6.07, 6.45) is 0. The third-order valence-electron chi connectivity index (χ3n) is 6.29. The van der Waals surface area contributed by atoms with Gasteiger partial charge in [0.2, 0.25) is 5.91 Å². The Kier molecular flexibility index (Phi) is 6.33. The molecule has 7 heteroatoms. The minimum atomic E-state index is -0.313. The van der Waals surface area contributed by atoms with Crippen LogP contribution in [-0.2, 0) is 14.4 Å². The minimum absolute atomic E-state index is 0.177. The molecule has 2 aliphatic rings. The molecule has 0 spiro atoms. The van der Waals surface area contributed by atoms with Crippen LogP contribution < -0.4 is 10.2 Å². The Morgan fingerprint density at radius 2 is 1.61 bits per heavy atom. The first-order valence-corrected chi connectivity index (χ1v) is 11.4. The fourth-order valence-electron chi connectivity index (χ4n) is 4.57. The van der Waals surface area contributed by atoms with E-state index in [9.17, 15) is 14.4 Å². The van der Waals surface area contributed by atoms with E-state index in [0.29, 0.717) is 35.7 Å². The Hall–Kier alpha value is -3.45. The molecule has 0 atom stereocenters. The maximum absolute atomic E-state index is 13.7. The van der Waals surface area contributed by atoms with Gasteiger partial charge in [0.25, 0.3) is 11.8 Å². The molecule has 4 rings (SSSR count). The molecular weight excluding hydrogens is 416 g/mol. The van der Waals surface area contributed by atoms with Crippen molar-refractivity contribution in [3.63, 3.8) is 0 Å². The van der Waals surface area contributed by atoms with Crippen molar-refractivity contribution in [1.82, 2.24) is 9.80 Å². The maximum atomic E-state index is 13.7. The van der Waals surface area contributed by atoms with Crippen LogP contribution in [0.25, 0.3) is 5.57 Å². The van der Waals surface area contributed by atoms with Crippen LogP contribution in [0.2, 0.25) is 0 Å². The molecule has 0 saturated carbocycles. The SMILES string of the molecule is CCN1CCN(C2=C(c3ccc(C)cc3C)C(=O)N(c3ccc(NC(C)=O)cc3)C2=O)CC1. The van der Waals surface area contributed by atoms with Gasteiger partial charge in [-0.25, -0.2) is 4.90 Å². The second-order valence-electron chi connectivity index (χ2n) is 8.64. The van der Waals surface area contributed by atoms with E-state index in [1.165, 1.54) is 11.8 Å². The summed E-state index contributed by atoms with van der Waals surface area (Å²) in [6.45, 7) is 11.6. The Bertz CT molecular complexity index is 1130. The predicted molar refractivity (Wildman–Crippen MR) is 130 cm³/mol. The van der Waals surface area contributed by atoms with Gasteiger partial charge < -0.3 is 15.1 Å². The lowest BCUT2D eigenvalue weighted by atomic mass is 9.97. The van der Waals surface area contributed by atoms with E-state index in [1.54, 1.807) is 24.3 Å².